The highest BCUT2D eigenvalue weighted by molar-refractivity contribution is 7.92. The molecule has 0 radical (unpaired) electrons. The quantitative estimate of drug-likeness (QED) is 0.572. The van der Waals surface area contributed by atoms with E-state index in [1.165, 1.54) is 0 Å². The number of carbonyl (C=O) groups is 1. The lowest BCUT2D eigenvalue weighted by Crippen LogP contribution is -2.26. The number of sulfone groups is 1. The summed E-state index contributed by atoms with van der Waals surface area (Å²) < 4.78 is 26.1. The van der Waals surface area contributed by atoms with Crippen LogP contribution in [0.25, 0.3) is 5.65 Å². The van der Waals surface area contributed by atoms with E-state index in [-0.39, 0.29) is 17.2 Å². The van der Waals surface area contributed by atoms with Crippen LogP contribution >= 0.6 is 0 Å². The highest BCUT2D eigenvalue weighted by Gasteiger charge is 2.18. The van der Waals surface area contributed by atoms with Crippen molar-refractivity contribution in [1.29, 1.82) is 0 Å². The number of fused-ring (bicyclic) bond motifs is 1. The second kappa shape index (κ2) is 8.73. The van der Waals surface area contributed by atoms with Crippen LogP contribution in [0.3, 0.4) is 0 Å². The standard InChI is InChI=1S/C21H26N4O3S/c1-15(2)29(27,28)19-8-6-17(7-9-19)12-21(26)22-10-4-5-18-13-23-20-11-16(3)24-25(20)14-18/h6-9,11,13-15H,4-5,10,12H2,1-3H3,(H,22,26). The first-order valence-electron chi connectivity index (χ1n) is 9.66. The number of rotatable bonds is 8. The van der Waals surface area contributed by atoms with Gasteiger partial charge >= 0.3 is 0 Å². The van der Waals surface area contributed by atoms with Gasteiger partial charge in [-0.1, -0.05) is 12.1 Å². The molecule has 3 aromatic rings. The normalized spacial score (nSPS) is 11.9. The lowest BCUT2D eigenvalue weighted by molar-refractivity contribution is -0.120. The van der Waals surface area contributed by atoms with Gasteiger partial charge in [-0.3, -0.25) is 4.79 Å². The molecule has 1 amide bonds. The van der Waals surface area contributed by atoms with E-state index >= 15 is 0 Å². The predicted octanol–water partition coefficient (Wildman–Crippen LogP) is 2.51. The van der Waals surface area contributed by atoms with E-state index in [2.05, 4.69) is 15.4 Å². The van der Waals surface area contributed by atoms with Crippen molar-refractivity contribution >= 4 is 21.4 Å². The van der Waals surface area contributed by atoms with Gasteiger partial charge in [0.05, 0.1) is 22.3 Å². The lowest BCUT2D eigenvalue weighted by Gasteiger charge is -2.09. The van der Waals surface area contributed by atoms with E-state index in [9.17, 15) is 13.2 Å². The van der Waals surface area contributed by atoms with Crippen molar-refractivity contribution in [3.05, 3.63) is 59.5 Å². The zero-order valence-electron chi connectivity index (χ0n) is 16.9. The average molecular weight is 415 g/mol. The lowest BCUT2D eigenvalue weighted by atomic mass is 10.1. The molecule has 2 aromatic heterocycles. The molecule has 0 aliphatic carbocycles. The fourth-order valence-corrected chi connectivity index (χ4v) is 4.06. The summed E-state index contributed by atoms with van der Waals surface area (Å²) in [5.41, 5.74) is 3.61. The molecule has 0 unspecified atom stereocenters. The summed E-state index contributed by atoms with van der Waals surface area (Å²) in [5.74, 6) is -0.0826. The van der Waals surface area contributed by atoms with Crippen molar-refractivity contribution in [1.82, 2.24) is 19.9 Å². The minimum absolute atomic E-state index is 0.0826. The maximum atomic E-state index is 12.1. The molecule has 0 spiro atoms. The van der Waals surface area contributed by atoms with Crippen LogP contribution in [-0.4, -0.2) is 40.7 Å². The summed E-state index contributed by atoms with van der Waals surface area (Å²) in [7, 11) is -3.29. The molecule has 1 aromatic carbocycles. The predicted molar refractivity (Wildman–Crippen MR) is 112 cm³/mol. The molecule has 0 aliphatic heterocycles. The third-order valence-corrected chi connectivity index (χ3v) is 6.86. The third-order valence-electron chi connectivity index (χ3n) is 4.69. The van der Waals surface area contributed by atoms with Crippen LogP contribution in [0.5, 0.6) is 0 Å². The van der Waals surface area contributed by atoms with E-state index in [0.29, 0.717) is 6.54 Å². The number of aryl methyl sites for hydroxylation is 2. The third kappa shape index (κ3) is 5.20. The van der Waals surface area contributed by atoms with E-state index in [4.69, 9.17) is 0 Å². The van der Waals surface area contributed by atoms with Crippen molar-refractivity contribution in [3.63, 3.8) is 0 Å². The van der Waals surface area contributed by atoms with E-state index in [1.807, 2.05) is 25.4 Å². The zero-order chi connectivity index (χ0) is 21.0. The molecule has 0 saturated carbocycles. The number of hydrogen-bond donors (Lipinski definition) is 1. The van der Waals surface area contributed by atoms with Crippen molar-refractivity contribution < 1.29 is 13.2 Å². The fraction of sp³-hybridized carbons (Fsp3) is 0.381. The molecule has 0 atom stereocenters. The Labute approximate surface area is 171 Å². The van der Waals surface area contributed by atoms with Gasteiger partial charge in [-0.15, -0.1) is 0 Å². The Morgan fingerprint density at radius 3 is 2.59 bits per heavy atom. The number of amides is 1. The highest BCUT2D eigenvalue weighted by Crippen LogP contribution is 2.16. The Kier molecular flexibility index (Phi) is 6.32. The minimum atomic E-state index is -3.29. The molecule has 3 rings (SSSR count). The number of nitrogens with zero attached hydrogens (tertiary/aromatic N) is 3. The SMILES string of the molecule is Cc1cc2ncc(CCCNC(=O)Cc3ccc(S(=O)(=O)C(C)C)cc3)cn2n1. The van der Waals surface area contributed by atoms with Crippen LogP contribution < -0.4 is 5.32 Å². The second-order valence-electron chi connectivity index (χ2n) is 7.42. The van der Waals surface area contributed by atoms with Gasteiger partial charge in [-0.25, -0.2) is 17.9 Å². The molecule has 29 heavy (non-hydrogen) atoms. The second-order valence-corrected chi connectivity index (χ2v) is 9.92. The molecule has 1 N–H and O–H groups in total. The molecule has 7 nitrogen and oxygen atoms in total. The fourth-order valence-electron chi connectivity index (χ4n) is 3.00. The summed E-state index contributed by atoms with van der Waals surface area (Å²) in [4.78, 5) is 16.8. The van der Waals surface area contributed by atoms with Gasteiger partial charge in [-0.05, 0) is 56.9 Å². The maximum Gasteiger partial charge on any atom is 0.224 e. The van der Waals surface area contributed by atoms with Crippen LogP contribution in [-0.2, 0) is 27.5 Å². The number of benzene rings is 1. The summed E-state index contributed by atoms with van der Waals surface area (Å²) >= 11 is 0. The van der Waals surface area contributed by atoms with Crippen LogP contribution in [0.15, 0.2) is 47.6 Å². The first-order chi connectivity index (χ1) is 13.8. The summed E-state index contributed by atoms with van der Waals surface area (Å²) in [5, 5.41) is 6.79. The summed E-state index contributed by atoms with van der Waals surface area (Å²) in [6.45, 7) is 5.80. The van der Waals surface area contributed by atoms with Crippen LogP contribution in [0, 0.1) is 6.92 Å². The number of carbonyl (C=O) groups excluding carboxylic acids is 1. The van der Waals surface area contributed by atoms with Gasteiger partial charge in [-0.2, -0.15) is 5.10 Å². The molecule has 0 fully saturated rings. The van der Waals surface area contributed by atoms with Gasteiger partial charge in [0.2, 0.25) is 5.91 Å². The Bertz CT molecular complexity index is 1100. The average Bonchev–Trinajstić information content (AvgIpc) is 3.05. The van der Waals surface area contributed by atoms with E-state index in [1.54, 1.807) is 42.6 Å². The molecule has 2 heterocycles. The maximum absolute atomic E-state index is 12.1. The van der Waals surface area contributed by atoms with Gasteiger partial charge in [0.25, 0.3) is 0 Å². The van der Waals surface area contributed by atoms with Crippen LogP contribution in [0.2, 0.25) is 0 Å². The summed E-state index contributed by atoms with van der Waals surface area (Å²) in [6.07, 6.45) is 5.62. The van der Waals surface area contributed by atoms with Gasteiger partial charge in [0.1, 0.15) is 0 Å². The molecule has 0 aliphatic rings. The van der Waals surface area contributed by atoms with E-state index in [0.717, 1.165) is 35.3 Å². The van der Waals surface area contributed by atoms with Crippen molar-refractivity contribution in [2.24, 2.45) is 0 Å². The van der Waals surface area contributed by atoms with Gasteiger partial charge in [0.15, 0.2) is 15.5 Å². The molecule has 154 valence electrons. The molecule has 0 bridgehead atoms. The summed E-state index contributed by atoms with van der Waals surface area (Å²) in [6, 6.07) is 8.45. The van der Waals surface area contributed by atoms with Gasteiger partial charge in [0, 0.05) is 25.0 Å². The minimum Gasteiger partial charge on any atom is -0.356 e. The Balaban J connectivity index is 1.46. The van der Waals surface area contributed by atoms with E-state index < -0.39 is 15.1 Å². The smallest absolute Gasteiger partial charge is 0.224 e. The van der Waals surface area contributed by atoms with Gasteiger partial charge < -0.3 is 5.32 Å². The van der Waals surface area contributed by atoms with Crippen LogP contribution in [0.1, 0.15) is 37.1 Å². The number of aromatic nitrogens is 3. The monoisotopic (exact) mass is 414 g/mol. The molecule has 0 saturated heterocycles. The Morgan fingerprint density at radius 2 is 1.90 bits per heavy atom. The largest absolute Gasteiger partial charge is 0.356 e. The Hall–Kier alpha value is -2.74. The topological polar surface area (TPSA) is 93.4 Å². The first kappa shape index (κ1) is 21.0. The molecular weight excluding hydrogens is 388 g/mol. The zero-order valence-corrected chi connectivity index (χ0v) is 17.7. The van der Waals surface area contributed by atoms with Crippen molar-refractivity contribution in [2.75, 3.05) is 6.54 Å². The van der Waals surface area contributed by atoms with Crippen molar-refractivity contribution in [3.8, 4) is 0 Å². The van der Waals surface area contributed by atoms with Crippen LogP contribution in [0.4, 0.5) is 0 Å². The van der Waals surface area contributed by atoms with Crippen molar-refractivity contribution in [2.45, 2.75) is 50.2 Å². The highest BCUT2D eigenvalue weighted by atomic mass is 32.2. The molecule has 8 heteroatoms. The number of hydrogen-bond acceptors (Lipinski definition) is 5. The number of nitrogens with one attached hydrogen (secondary N) is 1. The Morgan fingerprint density at radius 1 is 1.17 bits per heavy atom. The first-order valence-corrected chi connectivity index (χ1v) is 11.2. The molecular formula is C21H26N4O3S.